The molecule has 0 aliphatic heterocycles. The van der Waals surface area contributed by atoms with Gasteiger partial charge >= 0.3 is 0 Å². The van der Waals surface area contributed by atoms with E-state index >= 15 is 0 Å². The molecule has 6 nitrogen and oxygen atoms in total. The van der Waals surface area contributed by atoms with Crippen LogP contribution in [0.15, 0.2) is 106 Å². The summed E-state index contributed by atoms with van der Waals surface area (Å²) in [5, 5.41) is 14.8. The number of hydrogen-bond donors (Lipinski definition) is 1. The van der Waals surface area contributed by atoms with Gasteiger partial charge < -0.3 is 9.73 Å². The van der Waals surface area contributed by atoms with Crippen molar-refractivity contribution in [3.63, 3.8) is 0 Å². The van der Waals surface area contributed by atoms with E-state index in [0.717, 1.165) is 43.0 Å². The van der Waals surface area contributed by atoms with Crippen molar-refractivity contribution in [2.24, 2.45) is 0 Å². The number of benzene rings is 2. The summed E-state index contributed by atoms with van der Waals surface area (Å²) in [4.78, 5) is 10.8. The molecule has 0 aliphatic carbocycles. The molecular weight excluding hydrogens is 466 g/mol. The average molecular weight is 482 g/mol. The van der Waals surface area contributed by atoms with Crippen molar-refractivity contribution >= 4 is 56.7 Å². The SMILES string of the molecule is Clc1ccc(-c2nnc(Nc3ccc(Sc4ccnc5ccoc45)cc3)c3ccccc23)nc1. The highest BCUT2D eigenvalue weighted by atomic mass is 35.5. The van der Waals surface area contributed by atoms with Gasteiger partial charge in [-0.25, -0.2) is 0 Å². The highest BCUT2D eigenvalue weighted by Gasteiger charge is 2.12. The van der Waals surface area contributed by atoms with Crippen LogP contribution in [0, 0.1) is 0 Å². The van der Waals surface area contributed by atoms with Gasteiger partial charge in [0.05, 0.1) is 21.9 Å². The van der Waals surface area contributed by atoms with Crippen LogP contribution < -0.4 is 5.32 Å². The zero-order valence-electron chi connectivity index (χ0n) is 17.6. The Kier molecular flexibility index (Phi) is 5.33. The van der Waals surface area contributed by atoms with E-state index in [4.69, 9.17) is 16.0 Å². The van der Waals surface area contributed by atoms with Crippen LogP contribution in [0.2, 0.25) is 5.02 Å². The second kappa shape index (κ2) is 8.78. The summed E-state index contributed by atoms with van der Waals surface area (Å²) < 4.78 is 5.59. The number of nitrogens with one attached hydrogen (secondary N) is 1. The fraction of sp³-hybridized carbons (Fsp3) is 0. The minimum Gasteiger partial charge on any atom is -0.461 e. The number of fused-ring (bicyclic) bond motifs is 2. The lowest BCUT2D eigenvalue weighted by molar-refractivity contribution is 0.608. The van der Waals surface area contributed by atoms with Crippen molar-refractivity contribution in [3.8, 4) is 11.4 Å². The van der Waals surface area contributed by atoms with E-state index in [9.17, 15) is 0 Å². The number of anilines is 2. The van der Waals surface area contributed by atoms with E-state index in [0.29, 0.717) is 16.5 Å². The molecule has 1 N–H and O–H groups in total. The first-order valence-corrected chi connectivity index (χ1v) is 11.7. The topological polar surface area (TPSA) is 76.7 Å². The lowest BCUT2D eigenvalue weighted by Crippen LogP contribution is -1.99. The lowest BCUT2D eigenvalue weighted by atomic mass is 10.1. The summed E-state index contributed by atoms with van der Waals surface area (Å²) in [5.74, 6) is 0.681. The Morgan fingerprint density at radius 1 is 0.824 bits per heavy atom. The highest BCUT2D eigenvalue weighted by molar-refractivity contribution is 7.99. The van der Waals surface area contributed by atoms with E-state index in [2.05, 4.69) is 37.6 Å². The maximum Gasteiger partial charge on any atom is 0.166 e. The summed E-state index contributed by atoms with van der Waals surface area (Å²) >= 11 is 7.63. The van der Waals surface area contributed by atoms with Crippen molar-refractivity contribution in [1.82, 2.24) is 20.2 Å². The summed E-state index contributed by atoms with van der Waals surface area (Å²) in [6.45, 7) is 0. The molecule has 4 heterocycles. The van der Waals surface area contributed by atoms with E-state index in [1.807, 2.05) is 54.6 Å². The summed E-state index contributed by atoms with van der Waals surface area (Å²) in [6.07, 6.45) is 5.07. The maximum absolute atomic E-state index is 5.99. The fourth-order valence-corrected chi connectivity index (χ4v) is 4.71. The van der Waals surface area contributed by atoms with E-state index in [1.165, 1.54) is 0 Å². The Morgan fingerprint density at radius 3 is 2.50 bits per heavy atom. The van der Waals surface area contributed by atoms with Crippen LogP contribution in [0.5, 0.6) is 0 Å². The number of rotatable bonds is 5. The second-order valence-corrected chi connectivity index (χ2v) is 9.05. The molecule has 2 aromatic carbocycles. The minimum atomic E-state index is 0.582. The van der Waals surface area contributed by atoms with E-state index in [-0.39, 0.29) is 0 Å². The minimum absolute atomic E-state index is 0.582. The first-order valence-electron chi connectivity index (χ1n) is 10.5. The molecule has 0 bridgehead atoms. The number of aromatic nitrogens is 4. The Labute approximate surface area is 204 Å². The fourth-order valence-electron chi connectivity index (χ4n) is 3.70. The molecule has 34 heavy (non-hydrogen) atoms. The molecule has 4 aromatic heterocycles. The third-order valence-corrected chi connectivity index (χ3v) is 6.58. The van der Waals surface area contributed by atoms with E-state index < -0.39 is 0 Å². The predicted molar refractivity (Wildman–Crippen MR) is 136 cm³/mol. The zero-order chi connectivity index (χ0) is 22.9. The van der Waals surface area contributed by atoms with Crippen LogP contribution in [-0.4, -0.2) is 20.2 Å². The van der Waals surface area contributed by atoms with Crippen LogP contribution in [0.1, 0.15) is 0 Å². The molecule has 0 amide bonds. The molecule has 8 heteroatoms. The largest absolute Gasteiger partial charge is 0.461 e. The van der Waals surface area contributed by atoms with Crippen LogP contribution in [0.4, 0.5) is 11.5 Å². The summed E-state index contributed by atoms with van der Waals surface area (Å²) in [7, 11) is 0. The van der Waals surface area contributed by atoms with Gasteiger partial charge in [-0.1, -0.05) is 47.6 Å². The Morgan fingerprint density at radius 2 is 1.68 bits per heavy atom. The Hall–Kier alpha value is -3.94. The molecule has 0 unspecified atom stereocenters. The third-order valence-electron chi connectivity index (χ3n) is 5.31. The van der Waals surface area contributed by atoms with Crippen LogP contribution in [-0.2, 0) is 0 Å². The molecule has 0 saturated carbocycles. The van der Waals surface area contributed by atoms with Gasteiger partial charge in [-0.3, -0.25) is 9.97 Å². The highest BCUT2D eigenvalue weighted by Crippen LogP contribution is 2.35. The molecule has 0 spiro atoms. The third kappa shape index (κ3) is 3.96. The number of hydrogen-bond acceptors (Lipinski definition) is 7. The van der Waals surface area contributed by atoms with Gasteiger partial charge in [0, 0.05) is 39.8 Å². The van der Waals surface area contributed by atoms with Crippen LogP contribution in [0.25, 0.3) is 33.3 Å². The lowest BCUT2D eigenvalue weighted by Gasteiger charge is -2.11. The predicted octanol–water partition coefficient (Wildman–Crippen LogP) is 7.38. The first kappa shape index (κ1) is 20.7. The van der Waals surface area contributed by atoms with Gasteiger partial charge in [0.2, 0.25) is 0 Å². The molecule has 6 aromatic rings. The molecule has 0 aliphatic rings. The number of halogens is 1. The number of furan rings is 1. The Bertz CT molecular complexity index is 1620. The molecule has 0 fully saturated rings. The quantitative estimate of drug-likeness (QED) is 0.275. The Balaban J connectivity index is 1.28. The van der Waals surface area contributed by atoms with Crippen molar-refractivity contribution < 1.29 is 4.42 Å². The molecular formula is C26H16ClN5OS. The standard InChI is InChI=1S/C26H16ClN5OS/c27-16-5-10-21(29-15-16)24-19-3-1-2-4-20(19)26(32-31-24)30-17-6-8-18(9-7-17)34-23-11-13-28-22-12-14-33-25(22)23/h1-15H,(H,30,32). The molecule has 0 radical (unpaired) electrons. The normalized spacial score (nSPS) is 11.2. The monoisotopic (exact) mass is 481 g/mol. The van der Waals surface area contributed by atoms with Gasteiger partial charge in [0.1, 0.15) is 11.2 Å². The zero-order valence-corrected chi connectivity index (χ0v) is 19.2. The van der Waals surface area contributed by atoms with Crippen molar-refractivity contribution in [3.05, 3.63) is 96.5 Å². The smallest absolute Gasteiger partial charge is 0.166 e. The molecule has 164 valence electrons. The summed E-state index contributed by atoms with van der Waals surface area (Å²) in [5.41, 5.74) is 4.01. The van der Waals surface area contributed by atoms with Gasteiger partial charge in [-0.2, -0.15) is 0 Å². The van der Waals surface area contributed by atoms with Crippen LogP contribution >= 0.6 is 23.4 Å². The maximum atomic E-state index is 5.99. The van der Waals surface area contributed by atoms with Crippen molar-refractivity contribution in [2.75, 3.05) is 5.32 Å². The molecule has 0 atom stereocenters. The van der Waals surface area contributed by atoms with Crippen LogP contribution in [0.3, 0.4) is 0 Å². The van der Waals surface area contributed by atoms with Gasteiger partial charge in [0.15, 0.2) is 11.4 Å². The van der Waals surface area contributed by atoms with Crippen molar-refractivity contribution in [2.45, 2.75) is 9.79 Å². The van der Waals surface area contributed by atoms with Gasteiger partial charge in [0.25, 0.3) is 0 Å². The first-order chi connectivity index (χ1) is 16.7. The molecule has 0 saturated heterocycles. The second-order valence-electron chi connectivity index (χ2n) is 7.50. The van der Waals surface area contributed by atoms with E-state index in [1.54, 1.807) is 36.5 Å². The van der Waals surface area contributed by atoms with Crippen molar-refractivity contribution in [1.29, 1.82) is 0 Å². The molecule has 6 rings (SSSR count). The average Bonchev–Trinajstić information content (AvgIpc) is 3.36. The van der Waals surface area contributed by atoms with Gasteiger partial charge in [-0.15, -0.1) is 10.2 Å². The van der Waals surface area contributed by atoms with Gasteiger partial charge in [-0.05, 0) is 42.5 Å². The summed E-state index contributed by atoms with van der Waals surface area (Å²) in [6, 6.07) is 23.6. The number of nitrogens with zero attached hydrogens (tertiary/aromatic N) is 4. The number of pyridine rings is 2.